The fourth-order valence-corrected chi connectivity index (χ4v) is 2.91. The molecule has 0 aromatic heterocycles. The van der Waals surface area contributed by atoms with Gasteiger partial charge in [-0.2, -0.15) is 0 Å². The second-order valence-corrected chi connectivity index (χ2v) is 4.88. The third-order valence-corrected chi connectivity index (χ3v) is 3.89. The number of hydrogen-bond donors (Lipinski definition) is 0. The minimum atomic E-state index is -0.0806. The fraction of sp³-hybridized carbons (Fsp3) is 0.917. The standard InChI is InChI=1S/C12H22N2O2/c1-3-16-12(15)9-14-7-6-10-4-5-11(8-14)13(10)2/h10-11H,3-9H2,1-2H3/t10-,11+/m1/s1. The Morgan fingerprint density at radius 3 is 2.81 bits per heavy atom. The summed E-state index contributed by atoms with van der Waals surface area (Å²) < 4.78 is 5.00. The number of ether oxygens (including phenoxy) is 1. The molecule has 16 heavy (non-hydrogen) atoms. The van der Waals surface area contributed by atoms with Crippen molar-refractivity contribution in [2.75, 3.05) is 33.3 Å². The van der Waals surface area contributed by atoms with Gasteiger partial charge in [0.1, 0.15) is 0 Å². The van der Waals surface area contributed by atoms with Crippen LogP contribution in [0.3, 0.4) is 0 Å². The normalized spacial score (nSPS) is 31.4. The monoisotopic (exact) mass is 226 g/mol. The molecule has 2 heterocycles. The van der Waals surface area contributed by atoms with Crippen LogP contribution in [0.2, 0.25) is 0 Å². The van der Waals surface area contributed by atoms with Gasteiger partial charge in [0.05, 0.1) is 13.2 Å². The van der Waals surface area contributed by atoms with Gasteiger partial charge in [-0.15, -0.1) is 0 Å². The summed E-state index contributed by atoms with van der Waals surface area (Å²) in [6.45, 7) is 4.86. The van der Waals surface area contributed by atoms with Crippen molar-refractivity contribution >= 4 is 5.97 Å². The van der Waals surface area contributed by atoms with Crippen molar-refractivity contribution in [3.63, 3.8) is 0 Å². The highest BCUT2D eigenvalue weighted by Crippen LogP contribution is 2.28. The number of fused-ring (bicyclic) bond motifs is 2. The van der Waals surface area contributed by atoms with Crippen molar-refractivity contribution in [1.82, 2.24) is 9.80 Å². The molecule has 2 aliphatic rings. The summed E-state index contributed by atoms with van der Waals surface area (Å²) in [7, 11) is 2.22. The number of likely N-dealkylation sites (tertiary alicyclic amines) is 1. The maximum atomic E-state index is 11.4. The molecule has 2 bridgehead atoms. The highest BCUT2D eigenvalue weighted by atomic mass is 16.5. The number of rotatable bonds is 3. The summed E-state index contributed by atoms with van der Waals surface area (Å²) >= 11 is 0. The topological polar surface area (TPSA) is 32.8 Å². The van der Waals surface area contributed by atoms with Gasteiger partial charge in [-0.3, -0.25) is 14.6 Å². The van der Waals surface area contributed by atoms with Crippen LogP contribution in [-0.2, 0) is 9.53 Å². The molecule has 0 spiro atoms. The first kappa shape index (κ1) is 11.9. The second-order valence-electron chi connectivity index (χ2n) is 4.88. The van der Waals surface area contributed by atoms with Crippen molar-refractivity contribution in [3.05, 3.63) is 0 Å². The summed E-state index contributed by atoms with van der Waals surface area (Å²) in [6.07, 6.45) is 3.79. The Morgan fingerprint density at radius 1 is 1.31 bits per heavy atom. The van der Waals surface area contributed by atoms with Gasteiger partial charge in [-0.25, -0.2) is 0 Å². The number of carbonyl (C=O) groups excluding carboxylic acids is 1. The van der Waals surface area contributed by atoms with Crippen LogP contribution in [0.1, 0.15) is 26.2 Å². The molecule has 2 atom stereocenters. The lowest BCUT2D eigenvalue weighted by atomic mass is 10.1. The third kappa shape index (κ3) is 2.55. The Labute approximate surface area is 97.5 Å². The molecule has 0 radical (unpaired) electrons. The second kappa shape index (κ2) is 5.15. The van der Waals surface area contributed by atoms with Gasteiger partial charge in [-0.1, -0.05) is 0 Å². The Kier molecular flexibility index (Phi) is 3.82. The zero-order valence-electron chi connectivity index (χ0n) is 10.3. The van der Waals surface area contributed by atoms with Crippen LogP contribution in [0.15, 0.2) is 0 Å². The summed E-state index contributed by atoms with van der Waals surface area (Å²) in [4.78, 5) is 16.2. The average Bonchev–Trinajstić information content (AvgIpc) is 2.47. The molecule has 0 aromatic rings. The number of nitrogens with zero attached hydrogens (tertiary/aromatic N) is 2. The predicted molar refractivity (Wildman–Crippen MR) is 62.3 cm³/mol. The first-order valence-electron chi connectivity index (χ1n) is 6.30. The van der Waals surface area contributed by atoms with Gasteiger partial charge in [0.15, 0.2) is 0 Å². The van der Waals surface area contributed by atoms with Gasteiger partial charge < -0.3 is 4.74 Å². The lowest BCUT2D eigenvalue weighted by molar-refractivity contribution is -0.144. The minimum absolute atomic E-state index is 0.0806. The molecule has 0 aliphatic carbocycles. The van der Waals surface area contributed by atoms with Crippen LogP contribution in [0.4, 0.5) is 0 Å². The molecule has 0 unspecified atom stereocenters. The molecule has 2 fully saturated rings. The highest BCUT2D eigenvalue weighted by molar-refractivity contribution is 5.71. The molecule has 2 saturated heterocycles. The lowest BCUT2D eigenvalue weighted by Gasteiger charge is -2.24. The van der Waals surface area contributed by atoms with E-state index < -0.39 is 0 Å². The van der Waals surface area contributed by atoms with Gasteiger partial charge in [-0.05, 0) is 33.2 Å². The van der Waals surface area contributed by atoms with E-state index in [0.29, 0.717) is 19.2 Å². The van der Waals surface area contributed by atoms with Crippen molar-refractivity contribution < 1.29 is 9.53 Å². The smallest absolute Gasteiger partial charge is 0.320 e. The zero-order chi connectivity index (χ0) is 11.5. The van der Waals surface area contributed by atoms with Crippen LogP contribution in [0.5, 0.6) is 0 Å². The van der Waals surface area contributed by atoms with Crippen LogP contribution in [0, 0.1) is 0 Å². The van der Waals surface area contributed by atoms with Crippen molar-refractivity contribution in [3.8, 4) is 0 Å². The summed E-state index contributed by atoms with van der Waals surface area (Å²) in [5.74, 6) is -0.0806. The van der Waals surface area contributed by atoms with Gasteiger partial charge >= 0.3 is 5.97 Å². The van der Waals surface area contributed by atoms with Crippen LogP contribution < -0.4 is 0 Å². The maximum Gasteiger partial charge on any atom is 0.320 e. The number of hydrogen-bond acceptors (Lipinski definition) is 4. The molecule has 92 valence electrons. The number of likely N-dealkylation sites (N-methyl/N-ethyl adjacent to an activating group) is 1. The van der Waals surface area contributed by atoms with Crippen molar-refractivity contribution in [2.24, 2.45) is 0 Å². The molecule has 0 N–H and O–H groups in total. The molecular weight excluding hydrogens is 204 g/mol. The van der Waals surface area contributed by atoms with Crippen LogP contribution in [0.25, 0.3) is 0 Å². The molecule has 2 rings (SSSR count). The van der Waals surface area contributed by atoms with E-state index in [0.717, 1.165) is 19.1 Å². The van der Waals surface area contributed by atoms with E-state index in [2.05, 4.69) is 16.8 Å². The van der Waals surface area contributed by atoms with E-state index in [-0.39, 0.29) is 5.97 Å². The molecule has 0 amide bonds. The van der Waals surface area contributed by atoms with E-state index in [1.54, 1.807) is 0 Å². The number of esters is 1. The van der Waals surface area contributed by atoms with E-state index in [1.807, 2.05) is 6.92 Å². The third-order valence-electron chi connectivity index (χ3n) is 3.89. The molecule has 4 nitrogen and oxygen atoms in total. The first-order valence-corrected chi connectivity index (χ1v) is 6.30. The molecule has 2 aliphatic heterocycles. The van der Waals surface area contributed by atoms with Crippen molar-refractivity contribution in [2.45, 2.75) is 38.3 Å². The first-order chi connectivity index (χ1) is 7.70. The molecule has 0 aromatic carbocycles. The zero-order valence-corrected chi connectivity index (χ0v) is 10.3. The van der Waals surface area contributed by atoms with E-state index >= 15 is 0 Å². The number of carbonyl (C=O) groups is 1. The summed E-state index contributed by atoms with van der Waals surface area (Å²) in [6, 6.07) is 1.37. The van der Waals surface area contributed by atoms with Gasteiger partial charge in [0.2, 0.25) is 0 Å². The predicted octanol–water partition coefficient (Wildman–Crippen LogP) is 0.718. The summed E-state index contributed by atoms with van der Waals surface area (Å²) in [5, 5.41) is 0. The van der Waals surface area contributed by atoms with E-state index in [4.69, 9.17) is 4.74 Å². The Hall–Kier alpha value is -0.610. The maximum absolute atomic E-state index is 11.4. The SMILES string of the molecule is CCOC(=O)CN1CC[C@H]2CC[C@@H](C1)N2C. The highest BCUT2D eigenvalue weighted by Gasteiger charge is 2.34. The Balaban J connectivity index is 1.86. The van der Waals surface area contributed by atoms with Crippen LogP contribution in [-0.4, -0.2) is 61.1 Å². The fourth-order valence-electron chi connectivity index (χ4n) is 2.91. The largest absolute Gasteiger partial charge is 0.465 e. The van der Waals surface area contributed by atoms with E-state index in [1.165, 1.54) is 19.3 Å². The summed E-state index contributed by atoms with van der Waals surface area (Å²) in [5.41, 5.74) is 0. The molecule has 0 saturated carbocycles. The van der Waals surface area contributed by atoms with Crippen molar-refractivity contribution in [1.29, 1.82) is 0 Å². The average molecular weight is 226 g/mol. The minimum Gasteiger partial charge on any atom is -0.465 e. The molecule has 4 heteroatoms. The quantitative estimate of drug-likeness (QED) is 0.664. The lowest BCUT2D eigenvalue weighted by Crippen LogP contribution is -2.39. The molecular formula is C12H22N2O2. The Bertz CT molecular complexity index is 257. The Morgan fingerprint density at radius 2 is 2.06 bits per heavy atom. The van der Waals surface area contributed by atoms with Crippen LogP contribution >= 0.6 is 0 Å². The van der Waals surface area contributed by atoms with E-state index in [9.17, 15) is 4.79 Å². The van der Waals surface area contributed by atoms with Gasteiger partial charge in [0, 0.05) is 25.2 Å². The van der Waals surface area contributed by atoms with Gasteiger partial charge in [0.25, 0.3) is 0 Å².